The maximum Gasteiger partial charge on any atom is 0.490 e. The number of halogens is 3. The van der Waals surface area contributed by atoms with Crippen molar-refractivity contribution in [3.05, 3.63) is 64.6 Å². The van der Waals surface area contributed by atoms with E-state index in [9.17, 15) is 31.2 Å². The number of carbonyl (C=O) groups excluding carboxylic acids is 1. The van der Waals surface area contributed by atoms with Crippen molar-refractivity contribution in [1.82, 2.24) is 4.57 Å². The fourth-order valence-corrected chi connectivity index (χ4v) is 3.88. The molecule has 1 heterocycles. The monoisotopic (exact) mass is 562 g/mol. The molecule has 208 valence electrons. The van der Waals surface area contributed by atoms with Gasteiger partial charge < -0.3 is 27.1 Å². The minimum atomic E-state index is -5.08. The molecule has 8 N–H and O–H groups in total. The molecule has 2 aromatic rings. The van der Waals surface area contributed by atoms with Crippen LogP contribution in [-0.4, -0.2) is 48.2 Å². The van der Waals surface area contributed by atoms with E-state index in [-0.39, 0.29) is 16.5 Å². The number of oxime groups is 1. The van der Waals surface area contributed by atoms with E-state index in [1.54, 1.807) is 25.1 Å². The van der Waals surface area contributed by atoms with Gasteiger partial charge in [-0.05, 0) is 48.8 Å². The number of hydrogen-bond acceptors (Lipinski definition) is 7. The molecule has 1 aromatic carbocycles. The van der Waals surface area contributed by atoms with Crippen LogP contribution in [0.15, 0.2) is 57.8 Å². The van der Waals surface area contributed by atoms with E-state index < -0.39 is 45.8 Å². The minimum absolute atomic E-state index is 0.0551. The number of amides is 1. The van der Waals surface area contributed by atoms with Crippen molar-refractivity contribution in [3.63, 3.8) is 0 Å². The lowest BCUT2D eigenvalue weighted by Crippen LogP contribution is -2.42. The first-order chi connectivity index (χ1) is 17.4. The summed E-state index contributed by atoms with van der Waals surface area (Å²) >= 11 is 0. The number of rotatable bonds is 9. The van der Waals surface area contributed by atoms with Gasteiger partial charge in [0, 0.05) is 5.69 Å². The summed E-state index contributed by atoms with van der Waals surface area (Å²) in [5, 5.41) is 10.5. The van der Waals surface area contributed by atoms with Crippen molar-refractivity contribution in [2.75, 3.05) is 4.72 Å². The Morgan fingerprint density at radius 3 is 2.11 bits per heavy atom. The standard InChI is InChI=1S/C19H24N6O5S.C2HF3O2/c1-4-13-6-8-14(9-7-13)31(28,29)24-15-10-5-11(2)25(18(15)27)16(17(20)26)12(3)30-23-19(21)22;3-2(4,5)1(6)7/h4-10,12,16,24H,1H2,2-3H3,(H2,20,26)(H4,21,22,23);(H,6,7). The number of nitrogens with zero attached hydrogens (tertiary/aromatic N) is 2. The molecule has 0 saturated carbocycles. The van der Waals surface area contributed by atoms with Gasteiger partial charge in [0.25, 0.3) is 15.6 Å². The van der Waals surface area contributed by atoms with E-state index in [4.69, 9.17) is 31.9 Å². The van der Waals surface area contributed by atoms with Crippen molar-refractivity contribution in [3.8, 4) is 0 Å². The van der Waals surface area contributed by atoms with Gasteiger partial charge in [0.2, 0.25) is 11.9 Å². The van der Waals surface area contributed by atoms with Crippen molar-refractivity contribution < 1.29 is 41.1 Å². The summed E-state index contributed by atoms with van der Waals surface area (Å²) in [6.07, 6.45) is -4.55. The molecule has 38 heavy (non-hydrogen) atoms. The Morgan fingerprint density at radius 1 is 1.16 bits per heavy atom. The van der Waals surface area contributed by atoms with Gasteiger partial charge in [-0.15, -0.1) is 0 Å². The lowest BCUT2D eigenvalue weighted by atomic mass is 10.1. The molecule has 0 aliphatic carbocycles. The van der Waals surface area contributed by atoms with Gasteiger partial charge >= 0.3 is 12.1 Å². The molecule has 2 atom stereocenters. The smallest absolute Gasteiger partial charge is 0.475 e. The highest BCUT2D eigenvalue weighted by Gasteiger charge is 2.38. The van der Waals surface area contributed by atoms with Crippen LogP contribution in [0.4, 0.5) is 18.9 Å². The Morgan fingerprint density at radius 2 is 1.68 bits per heavy atom. The molecule has 2 unspecified atom stereocenters. The van der Waals surface area contributed by atoms with Crippen LogP contribution >= 0.6 is 0 Å². The lowest BCUT2D eigenvalue weighted by Gasteiger charge is -2.24. The lowest BCUT2D eigenvalue weighted by molar-refractivity contribution is -0.192. The van der Waals surface area contributed by atoms with Crippen molar-refractivity contribution in [2.45, 2.75) is 37.1 Å². The Kier molecular flexibility index (Phi) is 10.5. The zero-order valence-electron chi connectivity index (χ0n) is 20.0. The third-order valence-electron chi connectivity index (χ3n) is 4.57. The van der Waals surface area contributed by atoms with Crippen LogP contribution < -0.4 is 27.5 Å². The van der Waals surface area contributed by atoms with Crippen LogP contribution in [0.25, 0.3) is 6.08 Å². The summed E-state index contributed by atoms with van der Waals surface area (Å²) in [5.41, 5.74) is 15.9. The molecule has 0 aliphatic heterocycles. The van der Waals surface area contributed by atoms with Crippen LogP contribution in [0.3, 0.4) is 0 Å². The molecule has 1 amide bonds. The highest BCUT2D eigenvalue weighted by Crippen LogP contribution is 2.19. The molecule has 2 rings (SSSR count). The van der Waals surface area contributed by atoms with Gasteiger partial charge in [-0.1, -0.05) is 24.8 Å². The normalized spacial score (nSPS) is 12.7. The van der Waals surface area contributed by atoms with Gasteiger partial charge in [-0.25, -0.2) is 13.2 Å². The third kappa shape index (κ3) is 8.54. The van der Waals surface area contributed by atoms with Gasteiger partial charge in [0.05, 0.1) is 4.90 Å². The first-order valence-corrected chi connectivity index (χ1v) is 11.7. The fourth-order valence-electron chi connectivity index (χ4n) is 2.83. The molecular weight excluding hydrogens is 537 g/mol. The number of benzene rings is 1. The number of aryl methyl sites for hydroxylation is 1. The number of alkyl halides is 3. The molecule has 0 spiro atoms. The number of carbonyl (C=O) groups is 2. The Bertz CT molecular complexity index is 1370. The Hall–Kier alpha value is -4.54. The number of hydrogen-bond donors (Lipinski definition) is 5. The summed E-state index contributed by atoms with van der Waals surface area (Å²) < 4.78 is 60.4. The third-order valence-corrected chi connectivity index (χ3v) is 5.95. The zero-order valence-corrected chi connectivity index (χ0v) is 20.8. The van der Waals surface area contributed by atoms with Gasteiger partial charge in [0.15, 0.2) is 12.1 Å². The van der Waals surface area contributed by atoms with E-state index in [1.165, 1.54) is 31.2 Å². The molecule has 17 heteroatoms. The Balaban J connectivity index is 0.000000905. The summed E-state index contributed by atoms with van der Waals surface area (Å²) in [6, 6.07) is 7.34. The molecule has 0 bridgehead atoms. The average Bonchev–Trinajstić information content (AvgIpc) is 2.81. The number of carboxylic acids is 1. The summed E-state index contributed by atoms with van der Waals surface area (Å²) in [4.78, 5) is 39.1. The van der Waals surface area contributed by atoms with E-state index in [0.717, 1.165) is 10.1 Å². The largest absolute Gasteiger partial charge is 0.490 e. The highest BCUT2D eigenvalue weighted by molar-refractivity contribution is 7.92. The number of sulfonamides is 1. The number of nitrogens with one attached hydrogen (secondary N) is 1. The van der Waals surface area contributed by atoms with Gasteiger partial charge in [0.1, 0.15) is 5.69 Å². The minimum Gasteiger partial charge on any atom is -0.475 e. The average molecular weight is 563 g/mol. The number of pyridine rings is 1. The van der Waals surface area contributed by atoms with Crippen molar-refractivity contribution >= 4 is 39.6 Å². The first-order valence-electron chi connectivity index (χ1n) is 10.2. The molecule has 0 fully saturated rings. The van der Waals surface area contributed by atoms with Crippen molar-refractivity contribution in [2.24, 2.45) is 22.4 Å². The number of guanidine groups is 1. The second-order valence-corrected chi connectivity index (χ2v) is 9.10. The fraction of sp³-hybridized carbons (Fsp3) is 0.238. The van der Waals surface area contributed by atoms with Gasteiger partial charge in [-0.2, -0.15) is 13.2 Å². The maximum atomic E-state index is 13.1. The Labute approximate surface area is 214 Å². The van der Waals surface area contributed by atoms with Crippen LogP contribution in [0.1, 0.15) is 24.2 Å². The van der Waals surface area contributed by atoms with Crippen LogP contribution in [-0.2, 0) is 24.4 Å². The number of anilines is 1. The molecular formula is C21H25F3N6O7S. The van der Waals surface area contributed by atoms with E-state index in [2.05, 4.69) is 16.5 Å². The predicted octanol–water partition coefficient (Wildman–Crippen LogP) is 0.854. The topological polar surface area (TPSA) is 222 Å². The number of carboxylic acid groups (broad SMARTS) is 1. The number of aliphatic carboxylic acids is 1. The summed E-state index contributed by atoms with van der Waals surface area (Å²) in [7, 11) is -4.08. The first kappa shape index (κ1) is 31.5. The second-order valence-electron chi connectivity index (χ2n) is 7.42. The maximum absolute atomic E-state index is 13.1. The number of primary amides is 1. The van der Waals surface area contributed by atoms with Crippen LogP contribution in [0, 0.1) is 6.92 Å². The van der Waals surface area contributed by atoms with E-state index in [0.29, 0.717) is 5.69 Å². The quantitative estimate of drug-likeness (QED) is 0.166. The van der Waals surface area contributed by atoms with Crippen LogP contribution in [0.2, 0.25) is 0 Å². The SMILES string of the molecule is C=Cc1ccc(S(=O)(=O)Nc2ccc(C)n(C(C(N)=O)C(C)ON=C(N)N)c2=O)cc1.O=C(O)C(F)(F)F. The van der Waals surface area contributed by atoms with E-state index >= 15 is 0 Å². The predicted molar refractivity (Wildman–Crippen MR) is 131 cm³/mol. The molecule has 0 aliphatic rings. The van der Waals surface area contributed by atoms with E-state index in [1.807, 2.05) is 0 Å². The second kappa shape index (κ2) is 12.6. The zero-order chi connectivity index (χ0) is 29.4. The summed E-state index contributed by atoms with van der Waals surface area (Å²) in [5.74, 6) is -4.04. The van der Waals surface area contributed by atoms with Gasteiger partial charge in [-0.3, -0.25) is 18.9 Å². The molecule has 1 aromatic heterocycles. The number of aromatic nitrogens is 1. The summed E-state index contributed by atoms with van der Waals surface area (Å²) in [6.45, 7) is 6.60. The molecule has 13 nitrogen and oxygen atoms in total. The highest BCUT2D eigenvalue weighted by atomic mass is 32.2. The number of nitrogens with two attached hydrogens (primary N) is 3. The van der Waals surface area contributed by atoms with Crippen molar-refractivity contribution in [1.29, 1.82) is 0 Å². The molecule has 0 radical (unpaired) electrons. The van der Waals surface area contributed by atoms with Crippen LogP contribution in [0.5, 0.6) is 0 Å². The molecule has 0 saturated heterocycles.